The van der Waals surface area contributed by atoms with E-state index in [4.69, 9.17) is 4.98 Å². The molecule has 0 radical (unpaired) electrons. The van der Waals surface area contributed by atoms with Crippen LogP contribution in [0, 0.1) is 16.4 Å². The van der Waals surface area contributed by atoms with Gasteiger partial charge in [-0.2, -0.15) is 9.97 Å². The quantitative estimate of drug-likeness (QED) is 0.314. The molecule has 5 rings (SSSR count). The number of hydrogen-bond acceptors (Lipinski definition) is 6. The van der Waals surface area contributed by atoms with E-state index in [1.165, 1.54) is 11.8 Å². The Labute approximate surface area is 198 Å². The minimum absolute atomic E-state index is 0.0457. The van der Waals surface area contributed by atoms with Crippen LogP contribution < -0.4 is 10.6 Å². The van der Waals surface area contributed by atoms with Crippen molar-refractivity contribution in [2.75, 3.05) is 10.6 Å². The average Bonchev–Trinajstić information content (AvgIpc) is 3.57. The molecular formula is C23H21IN6O2. The lowest BCUT2D eigenvalue weighted by atomic mass is 10.2. The highest BCUT2D eigenvalue weighted by Gasteiger charge is 2.30. The van der Waals surface area contributed by atoms with Gasteiger partial charge in [0, 0.05) is 34.1 Å². The lowest BCUT2D eigenvalue weighted by Gasteiger charge is -2.12. The third-order valence-corrected chi connectivity index (χ3v) is 6.15. The number of fused-ring (bicyclic) bond motifs is 1. The monoisotopic (exact) mass is 540 g/mol. The van der Waals surface area contributed by atoms with Crippen LogP contribution in [0.5, 0.6) is 5.75 Å². The first-order chi connectivity index (χ1) is 15.5. The molecule has 8 nitrogen and oxygen atoms in total. The predicted octanol–water partition coefficient (Wildman–Crippen LogP) is 4.39. The van der Waals surface area contributed by atoms with Crippen molar-refractivity contribution in [3.05, 3.63) is 63.6 Å². The van der Waals surface area contributed by atoms with E-state index in [0.717, 1.165) is 33.0 Å². The molecular weight excluding hydrogens is 519 g/mol. The molecule has 162 valence electrons. The number of benzene rings is 1. The minimum atomic E-state index is -0.0457. The van der Waals surface area contributed by atoms with Crippen molar-refractivity contribution in [3.8, 4) is 11.4 Å². The zero-order chi connectivity index (χ0) is 22.2. The summed E-state index contributed by atoms with van der Waals surface area (Å²) in [7, 11) is 0. The van der Waals surface area contributed by atoms with Gasteiger partial charge in [0.15, 0.2) is 5.65 Å². The number of carbonyl (C=O) groups excluding carboxylic acids is 1. The molecule has 1 fully saturated rings. The van der Waals surface area contributed by atoms with Gasteiger partial charge in [-0.3, -0.25) is 15.1 Å². The van der Waals surface area contributed by atoms with Gasteiger partial charge in [-0.15, -0.1) is 0 Å². The highest BCUT2D eigenvalue weighted by atomic mass is 127. The van der Waals surface area contributed by atoms with E-state index in [1.54, 1.807) is 12.3 Å². The van der Waals surface area contributed by atoms with E-state index in [1.807, 2.05) is 29.8 Å². The van der Waals surface area contributed by atoms with Crippen LogP contribution in [0.4, 0.5) is 11.8 Å². The second-order valence-electron chi connectivity index (χ2n) is 7.95. The molecule has 3 aromatic heterocycles. The number of pyridine rings is 1. The predicted molar refractivity (Wildman–Crippen MR) is 131 cm³/mol. The fraction of sp³-hybridized carbons (Fsp3) is 0.217. The Morgan fingerprint density at radius 2 is 2.00 bits per heavy atom. The molecule has 0 bridgehead atoms. The van der Waals surface area contributed by atoms with E-state index in [-0.39, 0.29) is 23.5 Å². The van der Waals surface area contributed by atoms with Gasteiger partial charge < -0.3 is 15.0 Å². The number of halogens is 1. The van der Waals surface area contributed by atoms with Crippen LogP contribution in [0.3, 0.4) is 0 Å². The molecule has 1 saturated carbocycles. The molecule has 0 saturated heterocycles. The summed E-state index contributed by atoms with van der Waals surface area (Å²) >= 11 is 2.28. The zero-order valence-electron chi connectivity index (χ0n) is 17.3. The maximum absolute atomic E-state index is 12.4. The molecule has 0 aliphatic heterocycles. The van der Waals surface area contributed by atoms with Crippen molar-refractivity contribution >= 4 is 51.3 Å². The number of carbonyl (C=O) groups is 1. The summed E-state index contributed by atoms with van der Waals surface area (Å²) in [5.41, 5.74) is 3.67. The van der Waals surface area contributed by atoms with E-state index < -0.39 is 0 Å². The molecule has 1 aromatic carbocycles. The lowest BCUT2D eigenvalue weighted by Crippen LogP contribution is -2.16. The highest BCUT2D eigenvalue weighted by Crippen LogP contribution is 2.33. The van der Waals surface area contributed by atoms with E-state index in [2.05, 4.69) is 55.3 Å². The van der Waals surface area contributed by atoms with Crippen LogP contribution in [0.2, 0.25) is 0 Å². The molecule has 32 heavy (non-hydrogen) atoms. The van der Waals surface area contributed by atoms with Gasteiger partial charge in [-0.05, 0) is 66.1 Å². The Bertz CT molecular complexity index is 1310. The van der Waals surface area contributed by atoms with Gasteiger partial charge in [0.1, 0.15) is 11.6 Å². The Hall–Kier alpha value is -3.21. The van der Waals surface area contributed by atoms with E-state index in [9.17, 15) is 9.90 Å². The first-order valence-electron chi connectivity index (χ1n) is 10.3. The smallest absolute Gasteiger partial charge is 0.233 e. The summed E-state index contributed by atoms with van der Waals surface area (Å²) in [6, 6.07) is 9.84. The molecule has 3 N–H and O–H groups in total. The summed E-state index contributed by atoms with van der Waals surface area (Å²) in [6.07, 6.45) is 6.90. The Morgan fingerprint density at radius 3 is 2.72 bits per heavy atom. The molecule has 3 heterocycles. The van der Waals surface area contributed by atoms with Crippen LogP contribution in [-0.4, -0.2) is 30.5 Å². The van der Waals surface area contributed by atoms with Gasteiger partial charge in [0.05, 0.1) is 11.6 Å². The number of amides is 1. The number of hydrogen-bond donors (Lipinski definition) is 3. The summed E-state index contributed by atoms with van der Waals surface area (Å²) in [5.74, 6) is 0.992. The van der Waals surface area contributed by atoms with E-state index >= 15 is 0 Å². The van der Waals surface area contributed by atoms with Crippen LogP contribution in [0.1, 0.15) is 24.0 Å². The number of rotatable bonds is 6. The van der Waals surface area contributed by atoms with Crippen LogP contribution in [0.15, 0.2) is 48.9 Å². The number of aryl methyl sites for hydroxylation is 1. The molecule has 1 aliphatic carbocycles. The second kappa shape index (κ2) is 8.38. The van der Waals surface area contributed by atoms with Gasteiger partial charge in [0.25, 0.3) is 0 Å². The van der Waals surface area contributed by atoms with Crippen molar-refractivity contribution in [2.24, 2.45) is 5.92 Å². The van der Waals surface area contributed by atoms with Gasteiger partial charge in [-0.25, -0.2) is 0 Å². The highest BCUT2D eigenvalue weighted by molar-refractivity contribution is 14.1. The Kier molecular flexibility index (Phi) is 5.41. The third kappa shape index (κ3) is 4.24. The molecule has 4 aromatic rings. The summed E-state index contributed by atoms with van der Waals surface area (Å²) in [5, 5.41) is 16.8. The number of aromatic nitrogens is 4. The Morgan fingerprint density at radius 1 is 1.22 bits per heavy atom. The lowest BCUT2D eigenvalue weighted by molar-refractivity contribution is -0.117. The number of nitrogens with zero attached hydrogens (tertiary/aromatic N) is 4. The van der Waals surface area contributed by atoms with Crippen LogP contribution in [-0.2, 0) is 11.3 Å². The fourth-order valence-electron chi connectivity index (χ4n) is 3.48. The van der Waals surface area contributed by atoms with Crippen molar-refractivity contribution in [1.82, 2.24) is 19.5 Å². The first-order valence-corrected chi connectivity index (χ1v) is 11.4. The maximum Gasteiger partial charge on any atom is 0.233 e. The van der Waals surface area contributed by atoms with E-state index in [0.29, 0.717) is 18.0 Å². The largest absolute Gasteiger partial charge is 0.506 e. The Balaban J connectivity index is 1.58. The first kappa shape index (κ1) is 20.7. The SMILES string of the molecule is Cc1ccc(-n2cc(I)c3c(NCc4cncc(O)c4)nc(NC(=O)C4CC4)nc32)cc1. The van der Waals surface area contributed by atoms with Crippen molar-refractivity contribution in [3.63, 3.8) is 0 Å². The number of nitrogens with one attached hydrogen (secondary N) is 2. The molecule has 0 unspecified atom stereocenters. The van der Waals surface area contributed by atoms with Crippen molar-refractivity contribution in [2.45, 2.75) is 26.3 Å². The molecule has 1 aliphatic rings. The standard InChI is InChI=1S/C23H21IN6O2/c1-13-2-6-16(7-3-13)30-12-18(24)19-20(26-10-14-8-17(31)11-25-9-14)27-23(28-21(19)30)29-22(32)15-4-5-15/h2-3,6-9,11-12,15,31H,4-5,10H2,1H3,(H2,26,27,28,29,32). The van der Waals surface area contributed by atoms with Crippen LogP contribution in [0.25, 0.3) is 16.7 Å². The molecule has 1 amide bonds. The minimum Gasteiger partial charge on any atom is -0.506 e. The fourth-order valence-corrected chi connectivity index (χ4v) is 4.26. The van der Waals surface area contributed by atoms with Crippen molar-refractivity contribution < 1.29 is 9.90 Å². The summed E-state index contributed by atoms with van der Waals surface area (Å²) in [4.78, 5) is 25.7. The van der Waals surface area contributed by atoms with Gasteiger partial charge in [0.2, 0.25) is 11.9 Å². The maximum atomic E-state index is 12.4. The third-order valence-electron chi connectivity index (χ3n) is 5.34. The molecule has 9 heteroatoms. The summed E-state index contributed by atoms with van der Waals surface area (Å²) in [6.45, 7) is 2.46. The molecule has 0 spiro atoms. The number of aromatic hydroxyl groups is 1. The van der Waals surface area contributed by atoms with Gasteiger partial charge >= 0.3 is 0 Å². The second-order valence-corrected chi connectivity index (χ2v) is 9.11. The van der Waals surface area contributed by atoms with Crippen LogP contribution >= 0.6 is 22.6 Å². The topological polar surface area (TPSA) is 105 Å². The average molecular weight is 540 g/mol. The van der Waals surface area contributed by atoms with Crippen molar-refractivity contribution in [1.29, 1.82) is 0 Å². The van der Waals surface area contributed by atoms with Gasteiger partial charge in [-0.1, -0.05) is 17.7 Å². The summed E-state index contributed by atoms with van der Waals surface area (Å²) < 4.78 is 2.99. The zero-order valence-corrected chi connectivity index (χ0v) is 19.5. The molecule has 0 atom stereocenters. The number of anilines is 2. The normalized spacial score (nSPS) is 13.3.